The largest absolute Gasteiger partial charge is 0.461 e. The minimum Gasteiger partial charge on any atom is -0.461 e. The summed E-state index contributed by atoms with van der Waals surface area (Å²) >= 11 is 1.84. The summed E-state index contributed by atoms with van der Waals surface area (Å²) in [6.45, 7) is 11.1. The van der Waals surface area contributed by atoms with Crippen LogP contribution >= 0.6 is 23.5 Å². The number of esters is 4. The number of unbranched alkanes of at least 4 members (excludes halogenated alkanes) is 24. The van der Waals surface area contributed by atoms with Crippen LogP contribution in [0, 0.1) is 0 Å². The number of nitrogens with zero attached hydrogens (tertiary/aromatic N) is 2. The summed E-state index contributed by atoms with van der Waals surface area (Å²) in [5.41, 5.74) is 0. The molecule has 0 radical (unpaired) electrons. The zero-order chi connectivity index (χ0) is 62.8. The molecule has 2 atom stereocenters. The van der Waals surface area contributed by atoms with Gasteiger partial charge in [0.05, 0.1) is 25.7 Å². The average molecular weight is 1250 g/mol. The minimum absolute atomic E-state index is 0.00453. The van der Waals surface area contributed by atoms with Gasteiger partial charge in [0.15, 0.2) is 10.2 Å². The van der Waals surface area contributed by atoms with Crippen molar-refractivity contribution in [3.05, 3.63) is 48.6 Å². The molecule has 0 aromatic heterocycles. The highest BCUT2D eigenvalue weighted by molar-refractivity contribution is 8.13. The number of hydrogen-bond acceptors (Lipinski definition) is 16. The maximum atomic E-state index is 13.2. The van der Waals surface area contributed by atoms with Crippen molar-refractivity contribution >= 4 is 69.4 Å². The zero-order valence-electron chi connectivity index (χ0n) is 53.9. The quantitative estimate of drug-likeness (QED) is 0.0251. The van der Waals surface area contributed by atoms with Crippen LogP contribution in [0.1, 0.15) is 246 Å². The number of hydrogen-bond donors (Lipinski definition) is 2. The van der Waals surface area contributed by atoms with Gasteiger partial charge in [0.25, 0.3) is 0 Å². The molecule has 2 unspecified atom stereocenters. The first-order valence-corrected chi connectivity index (χ1v) is 35.5. The normalized spacial score (nSPS) is 14.5. The van der Waals surface area contributed by atoms with Crippen LogP contribution in [0.25, 0.3) is 0 Å². The summed E-state index contributed by atoms with van der Waals surface area (Å²) < 4.78 is 21.7. The molecule has 1 saturated heterocycles. The van der Waals surface area contributed by atoms with Crippen LogP contribution in [0.2, 0.25) is 0 Å². The molecule has 0 aliphatic carbocycles. The lowest BCUT2D eigenvalue weighted by Gasteiger charge is -2.29. The van der Waals surface area contributed by atoms with Gasteiger partial charge in [-0.2, -0.15) is 0 Å². The first-order valence-electron chi connectivity index (χ1n) is 33.5. The fourth-order valence-electron chi connectivity index (χ4n) is 9.34. The molecule has 0 spiro atoms. The van der Waals surface area contributed by atoms with Crippen LogP contribution in [0.3, 0.4) is 0 Å². The van der Waals surface area contributed by atoms with Crippen molar-refractivity contribution in [2.75, 3.05) is 77.2 Å². The predicted octanol–water partition coefficient (Wildman–Crippen LogP) is 13.8. The fourth-order valence-corrected chi connectivity index (χ4v) is 11.0. The number of allylic oxidation sites excluding steroid dienone is 4. The first-order chi connectivity index (χ1) is 41.9. The Hall–Kier alpha value is -4.26. The summed E-state index contributed by atoms with van der Waals surface area (Å²) in [7, 11) is 0. The number of ether oxygens (including phenoxy) is 4. The van der Waals surface area contributed by atoms with E-state index in [0.29, 0.717) is 0 Å². The second-order valence-corrected chi connectivity index (χ2v) is 24.7. The molecule has 2 N–H and O–H groups in total. The van der Waals surface area contributed by atoms with E-state index in [1.807, 2.05) is 58.4 Å². The van der Waals surface area contributed by atoms with Gasteiger partial charge in [-0.25, -0.2) is 0 Å². The molecule has 1 aliphatic heterocycles. The Balaban J connectivity index is 2.70. The Bertz CT molecular complexity index is 1710. The maximum absolute atomic E-state index is 13.2. The van der Waals surface area contributed by atoms with Crippen molar-refractivity contribution in [1.82, 2.24) is 20.4 Å². The molecule has 0 aromatic carbocycles. The van der Waals surface area contributed by atoms with Crippen molar-refractivity contribution in [2.45, 2.75) is 258 Å². The molecule has 492 valence electrons. The summed E-state index contributed by atoms with van der Waals surface area (Å²) in [4.78, 5) is 107. The molecule has 1 aliphatic rings. The van der Waals surface area contributed by atoms with E-state index in [9.17, 15) is 38.4 Å². The van der Waals surface area contributed by atoms with Gasteiger partial charge in [-0.05, 0) is 51.4 Å². The summed E-state index contributed by atoms with van der Waals surface area (Å²) in [6.07, 6.45) is 49.0. The number of carbonyl (C=O) groups excluding carboxylic acids is 8. The van der Waals surface area contributed by atoms with Crippen molar-refractivity contribution < 1.29 is 57.3 Å². The third-order valence-electron chi connectivity index (χ3n) is 14.8. The number of amides is 2. The monoisotopic (exact) mass is 1240 g/mol. The van der Waals surface area contributed by atoms with Gasteiger partial charge >= 0.3 is 23.9 Å². The first kappa shape index (κ1) is 79.8. The van der Waals surface area contributed by atoms with Gasteiger partial charge < -0.3 is 39.4 Å². The van der Waals surface area contributed by atoms with Gasteiger partial charge in [0.2, 0.25) is 11.8 Å². The average Bonchev–Trinajstić information content (AvgIpc) is 3.60. The van der Waals surface area contributed by atoms with Gasteiger partial charge in [-0.15, -0.1) is 0 Å². The van der Waals surface area contributed by atoms with E-state index in [-0.39, 0.29) is 150 Å². The number of carbonyl (C=O) groups is 8. The van der Waals surface area contributed by atoms with Gasteiger partial charge in [0, 0.05) is 63.6 Å². The summed E-state index contributed by atoms with van der Waals surface area (Å²) in [5, 5.41) is 4.96. The summed E-state index contributed by atoms with van der Waals surface area (Å²) in [6, 6.07) is -1.94. The molecule has 16 nitrogen and oxygen atoms in total. The molecular formula is C68H116N4O12S2. The van der Waals surface area contributed by atoms with E-state index in [1.165, 1.54) is 128 Å². The van der Waals surface area contributed by atoms with E-state index >= 15 is 0 Å². The Morgan fingerprint density at radius 3 is 0.837 bits per heavy atom. The molecular weight excluding hydrogens is 1130 g/mol. The van der Waals surface area contributed by atoms with Gasteiger partial charge in [0.1, 0.15) is 38.5 Å². The van der Waals surface area contributed by atoms with Crippen LogP contribution in [0.5, 0.6) is 0 Å². The molecule has 0 bridgehead atoms. The molecule has 86 heavy (non-hydrogen) atoms. The van der Waals surface area contributed by atoms with Gasteiger partial charge in [-0.1, -0.05) is 228 Å². The highest BCUT2D eigenvalue weighted by Crippen LogP contribution is 2.17. The Morgan fingerprint density at radius 2 is 0.581 bits per heavy atom. The fraction of sp³-hybridized carbons (Fsp3) is 0.765. The smallest absolute Gasteiger partial charge is 0.307 e. The van der Waals surface area contributed by atoms with E-state index in [1.54, 1.807) is 0 Å². The second-order valence-electron chi connectivity index (χ2n) is 22.5. The standard InChI is InChI=1S/C68H116N4O12S2/c1-5-9-13-17-21-25-29-33-37-53-81-61(73)41-47-71(48-42-62(74)82-54-38-34-30-26-22-18-14-10-6-2)51-45-65(77)85-57-59-67(79)70-60(68(80)69-59)58-86-66(78)46-52-72(49-43-63(75)83-55-39-35-31-27-23-19-15-11-7-3)50-44-64(76)84-56-40-36-32-28-24-20-16-12-8-4/h33-40,59-60H,5-32,41-58H2,1-4H3,(H,69,80)(H,70,79)/b37-33-,38-34-,39-35-,40-36-. The Labute approximate surface area is 528 Å². The van der Waals surface area contributed by atoms with Crippen molar-refractivity contribution in [2.24, 2.45) is 0 Å². The van der Waals surface area contributed by atoms with E-state index in [0.717, 1.165) is 74.9 Å². The molecule has 2 amide bonds. The third-order valence-corrected chi connectivity index (χ3v) is 16.9. The lowest BCUT2D eigenvalue weighted by Crippen LogP contribution is -2.63. The molecule has 18 heteroatoms. The number of rotatable bonds is 58. The van der Waals surface area contributed by atoms with Crippen LogP contribution in [-0.2, 0) is 57.3 Å². The van der Waals surface area contributed by atoms with Gasteiger partial charge in [-0.3, -0.25) is 38.4 Å². The molecule has 1 fully saturated rings. The van der Waals surface area contributed by atoms with E-state index < -0.39 is 23.9 Å². The second kappa shape index (κ2) is 58.4. The van der Waals surface area contributed by atoms with Crippen LogP contribution in [0.15, 0.2) is 48.6 Å². The highest BCUT2D eigenvalue weighted by Gasteiger charge is 2.34. The molecule has 1 heterocycles. The third kappa shape index (κ3) is 49.7. The Morgan fingerprint density at radius 1 is 0.349 bits per heavy atom. The van der Waals surface area contributed by atoms with Crippen LogP contribution in [-0.4, -0.2) is 145 Å². The molecule has 1 rings (SSSR count). The number of thioether (sulfide) groups is 2. The SMILES string of the molecule is CCCCCCCC/C=C\COC(=O)CCN(CCC(=O)OC/C=C\CCCCCCCC)CCC(=O)SCC1NC(=O)C(CSC(=O)CCN(CCC(=O)OC/C=C\CCCCCCCC)CCC(=O)OC/C=C\CCCCCCCC)NC1=O. The molecule has 0 aromatic rings. The van der Waals surface area contributed by atoms with Crippen molar-refractivity contribution in [3.8, 4) is 0 Å². The van der Waals surface area contributed by atoms with Crippen LogP contribution < -0.4 is 10.6 Å². The highest BCUT2D eigenvalue weighted by atomic mass is 32.2. The number of nitrogens with one attached hydrogen (secondary N) is 2. The van der Waals surface area contributed by atoms with Crippen molar-refractivity contribution in [1.29, 1.82) is 0 Å². The lowest BCUT2D eigenvalue weighted by atomic mass is 10.1. The topological polar surface area (TPSA) is 204 Å². The van der Waals surface area contributed by atoms with Crippen LogP contribution in [0.4, 0.5) is 0 Å². The Kier molecular flexibility index (Phi) is 54.2. The van der Waals surface area contributed by atoms with E-state index in [4.69, 9.17) is 18.9 Å². The lowest BCUT2D eigenvalue weighted by molar-refractivity contribution is -0.144. The van der Waals surface area contributed by atoms with E-state index in [2.05, 4.69) is 38.3 Å². The zero-order valence-corrected chi connectivity index (χ0v) is 55.5. The van der Waals surface area contributed by atoms with Crippen molar-refractivity contribution in [3.63, 3.8) is 0 Å². The maximum Gasteiger partial charge on any atom is 0.307 e. The summed E-state index contributed by atoms with van der Waals surface area (Å²) in [5.74, 6) is -2.46. The minimum atomic E-state index is -0.970. The predicted molar refractivity (Wildman–Crippen MR) is 352 cm³/mol. The number of piperazine rings is 1. The molecule has 0 saturated carbocycles.